The predicted octanol–water partition coefficient (Wildman–Crippen LogP) is 5.47. The first kappa shape index (κ1) is 23.9. The number of ether oxygens (including phenoxy) is 1. The van der Waals surface area contributed by atoms with Crippen molar-refractivity contribution in [3.63, 3.8) is 0 Å². The summed E-state index contributed by atoms with van der Waals surface area (Å²) in [6.45, 7) is 2.84. The number of amides is 2. The van der Waals surface area contributed by atoms with E-state index in [0.29, 0.717) is 23.6 Å². The first-order chi connectivity index (χ1) is 17.5. The lowest BCUT2D eigenvalue weighted by atomic mass is 9.90. The van der Waals surface area contributed by atoms with Gasteiger partial charge in [0.1, 0.15) is 18.1 Å². The molecule has 1 atom stereocenters. The van der Waals surface area contributed by atoms with Crippen molar-refractivity contribution in [1.29, 1.82) is 0 Å². The van der Waals surface area contributed by atoms with E-state index in [2.05, 4.69) is 30.5 Å². The smallest absolute Gasteiger partial charge is 0.254 e. The summed E-state index contributed by atoms with van der Waals surface area (Å²) >= 11 is 1.74. The predicted molar refractivity (Wildman–Crippen MR) is 139 cm³/mol. The Morgan fingerprint density at radius 3 is 2.58 bits per heavy atom. The number of methoxy groups -OCH3 is 1. The molecule has 184 valence electrons. The molecule has 0 saturated heterocycles. The van der Waals surface area contributed by atoms with Crippen LogP contribution in [0.2, 0.25) is 0 Å². The van der Waals surface area contributed by atoms with Gasteiger partial charge in [0.25, 0.3) is 5.91 Å². The second kappa shape index (κ2) is 10.4. The van der Waals surface area contributed by atoms with Crippen LogP contribution in [0.3, 0.4) is 0 Å². The van der Waals surface area contributed by atoms with E-state index in [4.69, 9.17) is 9.15 Å². The quantitative estimate of drug-likeness (QED) is 0.337. The number of fused-ring (bicyclic) bond motifs is 1. The molecule has 6 nitrogen and oxygen atoms in total. The lowest BCUT2D eigenvalue weighted by molar-refractivity contribution is -0.134. The molecule has 5 rings (SSSR count). The van der Waals surface area contributed by atoms with Gasteiger partial charge in [0.2, 0.25) is 5.91 Å². The van der Waals surface area contributed by atoms with Crippen LogP contribution >= 0.6 is 11.3 Å². The Morgan fingerprint density at radius 2 is 1.86 bits per heavy atom. The highest BCUT2D eigenvalue weighted by molar-refractivity contribution is 7.10. The summed E-state index contributed by atoms with van der Waals surface area (Å²) in [6.07, 6.45) is 2.38. The Labute approximate surface area is 214 Å². The second-order valence-electron chi connectivity index (χ2n) is 8.86. The standard InChI is InChI=1S/C29H28N2O4S/c1-20-6-3-4-8-24(20)28-25-14-17-36-26(25)13-15-31(28)27(32)19-30(18-23-7-5-16-35-23)29(33)21-9-11-22(34-2)12-10-21/h3-12,14,16-17,28H,13,15,18-19H2,1-2H3. The van der Waals surface area contributed by atoms with Gasteiger partial charge in [-0.1, -0.05) is 24.3 Å². The summed E-state index contributed by atoms with van der Waals surface area (Å²) in [5, 5.41) is 2.10. The van der Waals surface area contributed by atoms with E-state index in [-0.39, 0.29) is 30.9 Å². The van der Waals surface area contributed by atoms with E-state index in [0.717, 1.165) is 17.5 Å². The van der Waals surface area contributed by atoms with Gasteiger partial charge in [0.05, 0.1) is 26.0 Å². The van der Waals surface area contributed by atoms with Crippen LogP contribution in [0.15, 0.2) is 82.8 Å². The van der Waals surface area contributed by atoms with E-state index < -0.39 is 0 Å². The molecule has 2 aromatic carbocycles. The maximum atomic E-state index is 13.9. The van der Waals surface area contributed by atoms with Gasteiger partial charge in [-0.3, -0.25) is 9.59 Å². The van der Waals surface area contributed by atoms with Crippen LogP contribution in [-0.2, 0) is 17.8 Å². The van der Waals surface area contributed by atoms with Gasteiger partial charge < -0.3 is 19.0 Å². The molecule has 0 N–H and O–H groups in total. The molecule has 0 radical (unpaired) electrons. The lowest BCUT2D eigenvalue weighted by Crippen LogP contribution is -2.46. The Hall–Kier alpha value is -3.84. The number of carbonyl (C=O) groups excluding carboxylic acids is 2. The van der Waals surface area contributed by atoms with Gasteiger partial charge in [-0.25, -0.2) is 0 Å². The summed E-state index contributed by atoms with van der Waals surface area (Å²) in [5.74, 6) is 0.969. The number of rotatable bonds is 7. The summed E-state index contributed by atoms with van der Waals surface area (Å²) < 4.78 is 10.7. The Kier molecular flexibility index (Phi) is 6.91. The molecule has 2 aromatic heterocycles. The third-order valence-corrected chi connectivity index (χ3v) is 7.64. The van der Waals surface area contributed by atoms with Crippen molar-refractivity contribution in [2.45, 2.75) is 25.9 Å². The minimum absolute atomic E-state index is 0.0482. The molecule has 1 aliphatic rings. The highest BCUT2D eigenvalue weighted by Crippen LogP contribution is 2.39. The van der Waals surface area contributed by atoms with Crippen molar-refractivity contribution < 1.29 is 18.7 Å². The molecule has 4 aromatic rings. The van der Waals surface area contributed by atoms with Gasteiger partial charge in [0.15, 0.2) is 0 Å². The van der Waals surface area contributed by atoms with E-state index in [1.54, 1.807) is 59.9 Å². The molecule has 3 heterocycles. The molecule has 0 saturated carbocycles. The first-order valence-corrected chi connectivity index (χ1v) is 12.8. The Bertz CT molecular complexity index is 1340. The number of hydrogen-bond donors (Lipinski definition) is 0. The van der Waals surface area contributed by atoms with Crippen LogP contribution in [0, 0.1) is 6.92 Å². The molecular formula is C29H28N2O4S. The zero-order valence-corrected chi connectivity index (χ0v) is 21.2. The molecule has 0 spiro atoms. The number of furan rings is 1. The van der Waals surface area contributed by atoms with Crippen LogP contribution in [0.4, 0.5) is 0 Å². The average Bonchev–Trinajstić information content (AvgIpc) is 3.60. The van der Waals surface area contributed by atoms with Crippen molar-refractivity contribution in [2.24, 2.45) is 0 Å². The molecular weight excluding hydrogens is 472 g/mol. The fraction of sp³-hybridized carbons (Fsp3) is 0.241. The average molecular weight is 501 g/mol. The van der Waals surface area contributed by atoms with Gasteiger partial charge in [0, 0.05) is 17.0 Å². The lowest BCUT2D eigenvalue weighted by Gasteiger charge is -2.38. The minimum Gasteiger partial charge on any atom is -0.497 e. The summed E-state index contributed by atoms with van der Waals surface area (Å²) in [7, 11) is 1.58. The van der Waals surface area contributed by atoms with Crippen LogP contribution < -0.4 is 4.74 Å². The normalized spacial score (nSPS) is 14.8. The van der Waals surface area contributed by atoms with Crippen LogP contribution in [0.1, 0.15) is 43.7 Å². The highest BCUT2D eigenvalue weighted by Gasteiger charge is 2.35. The SMILES string of the molecule is COc1ccc(C(=O)N(CC(=O)N2CCc3sccc3C2c2ccccc2C)Cc2ccco2)cc1. The number of hydrogen-bond acceptors (Lipinski definition) is 5. The van der Waals surface area contributed by atoms with Gasteiger partial charge >= 0.3 is 0 Å². The van der Waals surface area contributed by atoms with E-state index in [1.807, 2.05) is 23.1 Å². The summed E-state index contributed by atoms with van der Waals surface area (Å²) in [5.41, 5.74) is 3.92. The summed E-state index contributed by atoms with van der Waals surface area (Å²) in [6, 6.07) is 20.7. The number of thiophene rings is 1. The van der Waals surface area contributed by atoms with Crippen molar-refractivity contribution >= 4 is 23.2 Å². The number of carbonyl (C=O) groups is 2. The monoisotopic (exact) mass is 500 g/mol. The molecule has 36 heavy (non-hydrogen) atoms. The van der Waals surface area contributed by atoms with Crippen molar-refractivity contribution in [1.82, 2.24) is 9.80 Å². The molecule has 1 unspecified atom stereocenters. The minimum atomic E-state index is -0.233. The van der Waals surface area contributed by atoms with Crippen LogP contribution in [0.25, 0.3) is 0 Å². The van der Waals surface area contributed by atoms with Gasteiger partial charge in [-0.2, -0.15) is 0 Å². The molecule has 0 bridgehead atoms. The topological polar surface area (TPSA) is 63.0 Å². The fourth-order valence-electron chi connectivity index (χ4n) is 4.77. The van der Waals surface area contributed by atoms with Crippen LogP contribution in [-0.4, -0.2) is 41.8 Å². The second-order valence-corrected chi connectivity index (χ2v) is 9.87. The Balaban J connectivity index is 1.45. The number of benzene rings is 2. The van der Waals surface area contributed by atoms with E-state index in [1.165, 1.54) is 10.4 Å². The molecule has 1 aliphatic heterocycles. The maximum absolute atomic E-state index is 13.9. The number of nitrogens with zero attached hydrogens (tertiary/aromatic N) is 2. The van der Waals surface area contributed by atoms with Crippen molar-refractivity contribution in [2.75, 3.05) is 20.2 Å². The largest absolute Gasteiger partial charge is 0.497 e. The first-order valence-electron chi connectivity index (χ1n) is 11.9. The van der Waals surface area contributed by atoms with Gasteiger partial charge in [-0.15, -0.1) is 11.3 Å². The molecule has 0 fully saturated rings. The highest BCUT2D eigenvalue weighted by atomic mass is 32.1. The van der Waals surface area contributed by atoms with Crippen molar-refractivity contribution in [3.05, 3.63) is 111 Å². The van der Waals surface area contributed by atoms with Crippen molar-refractivity contribution in [3.8, 4) is 5.75 Å². The third-order valence-electron chi connectivity index (χ3n) is 6.65. The molecule has 0 aliphatic carbocycles. The molecule has 2 amide bonds. The summed E-state index contributed by atoms with van der Waals surface area (Å²) in [4.78, 5) is 32.2. The fourth-order valence-corrected chi connectivity index (χ4v) is 5.68. The third kappa shape index (κ3) is 4.79. The van der Waals surface area contributed by atoms with E-state index in [9.17, 15) is 9.59 Å². The number of aryl methyl sites for hydroxylation is 1. The molecule has 7 heteroatoms. The Morgan fingerprint density at radius 1 is 1.06 bits per heavy atom. The van der Waals surface area contributed by atoms with Crippen LogP contribution in [0.5, 0.6) is 5.75 Å². The zero-order valence-electron chi connectivity index (χ0n) is 20.3. The zero-order chi connectivity index (χ0) is 25.1. The maximum Gasteiger partial charge on any atom is 0.254 e. The van der Waals surface area contributed by atoms with E-state index >= 15 is 0 Å². The van der Waals surface area contributed by atoms with Gasteiger partial charge in [-0.05, 0) is 77.9 Å².